The minimum absolute atomic E-state index is 0.0653. The fraction of sp³-hybridized carbons (Fsp3) is 0.333. The third kappa shape index (κ3) is 20.1. The van der Waals surface area contributed by atoms with E-state index in [1.54, 1.807) is 100 Å². The Labute approximate surface area is 568 Å². The summed E-state index contributed by atoms with van der Waals surface area (Å²) in [6.45, 7) is 11.0. The number of unbranched alkanes of at least 4 members (excludes halogenated alkanes) is 4. The number of carbonyl (C=O) groups excluding carboxylic acids is 8. The lowest BCUT2D eigenvalue weighted by molar-refractivity contribution is -0.171. The predicted molar refractivity (Wildman–Crippen MR) is 363 cm³/mol. The normalized spacial score (nSPS) is 12.2. The molecule has 4 N–H and O–H groups in total. The van der Waals surface area contributed by atoms with Crippen molar-refractivity contribution in [3.63, 3.8) is 0 Å². The van der Waals surface area contributed by atoms with Gasteiger partial charge in [-0.2, -0.15) is 10.1 Å². The highest BCUT2D eigenvalue weighted by atomic mass is 31.1. The fourth-order valence-corrected chi connectivity index (χ4v) is 11.7. The van der Waals surface area contributed by atoms with Gasteiger partial charge < -0.3 is 67.4 Å². The molecule has 4 heterocycles. The highest BCUT2D eigenvalue weighted by Crippen LogP contribution is 2.39. The monoisotopic (exact) mass is 1360 g/mol. The Morgan fingerprint density at radius 2 is 0.867 bits per heavy atom. The van der Waals surface area contributed by atoms with Crippen LogP contribution in [0.5, 0.6) is 23.0 Å². The van der Waals surface area contributed by atoms with Crippen molar-refractivity contribution < 1.29 is 80.0 Å². The standard InChI is InChI=1S/C72H83N8O17P/c1-7-13-15-21-59(61(9-3)79(47-81)94-71(87)49-23-27-53(28-24-49)77-35-17-18-36-77)67(83)73-45-75-69(85)65-33-31-63(92-65)51-39-55(90-11-5)43-57(41-51)96-98(89)97-58-42-52(40-56(44-58)91-12-6)64-32-34-66(93-64)70(86)76-46-74-68(84)60(22-16-14-8-2)62(10-4)80(48-82)95-72(88)50-25-29-54(30-26-50)78-37-19-20-38-78/h17-20,23-44,47-48,59-62,98H,7-16,21-22,45-46H2,1-6H3,(H,73,83)(H,74,84)(H,75,85)(H,76,86)/t59-,60-,61-,62-/m1/s1. The molecule has 4 aromatic carbocycles. The zero-order chi connectivity index (χ0) is 69.9. The molecular formula is C72H83N8O17P. The molecule has 0 unspecified atom stereocenters. The van der Waals surface area contributed by atoms with Crippen molar-refractivity contribution in [1.29, 1.82) is 0 Å². The van der Waals surface area contributed by atoms with Crippen LogP contribution in [0.2, 0.25) is 0 Å². The van der Waals surface area contributed by atoms with Crippen LogP contribution in [-0.4, -0.2) is 106 Å². The van der Waals surface area contributed by atoms with Gasteiger partial charge in [0.05, 0.1) is 61.6 Å². The molecule has 0 bridgehead atoms. The summed E-state index contributed by atoms with van der Waals surface area (Å²) in [5.41, 5.74) is 2.83. The van der Waals surface area contributed by atoms with Gasteiger partial charge in [-0.1, -0.05) is 66.2 Å². The van der Waals surface area contributed by atoms with Crippen molar-refractivity contribution in [2.24, 2.45) is 11.8 Å². The second-order valence-corrected chi connectivity index (χ2v) is 23.5. The molecule has 0 saturated heterocycles. The minimum atomic E-state index is -3.41. The molecule has 4 atom stereocenters. The van der Waals surface area contributed by atoms with Crippen LogP contribution in [0.4, 0.5) is 0 Å². The molecular weight excluding hydrogens is 1280 g/mol. The number of hydrogen-bond acceptors (Lipinski definition) is 17. The Kier molecular flexibility index (Phi) is 27.5. The molecule has 0 radical (unpaired) electrons. The van der Waals surface area contributed by atoms with Gasteiger partial charge in [0.25, 0.3) is 11.8 Å². The van der Waals surface area contributed by atoms with E-state index in [0.717, 1.165) is 47.2 Å². The molecule has 4 aromatic heterocycles. The fourth-order valence-electron chi connectivity index (χ4n) is 11.0. The van der Waals surface area contributed by atoms with Gasteiger partial charge in [0, 0.05) is 59.4 Å². The summed E-state index contributed by atoms with van der Waals surface area (Å²) in [5, 5.41) is 12.6. The maximum atomic E-state index is 13.9. The first-order valence-corrected chi connectivity index (χ1v) is 34.0. The lowest BCUT2D eigenvalue weighted by atomic mass is 9.90. The minimum Gasteiger partial charge on any atom is -0.494 e. The van der Waals surface area contributed by atoms with Crippen LogP contribution in [0, 0.1) is 11.8 Å². The molecule has 0 saturated carbocycles. The molecule has 8 rings (SSSR count). The molecule has 98 heavy (non-hydrogen) atoms. The van der Waals surface area contributed by atoms with Crippen LogP contribution < -0.4 is 39.8 Å². The van der Waals surface area contributed by atoms with Gasteiger partial charge in [0.1, 0.15) is 34.5 Å². The van der Waals surface area contributed by atoms with E-state index in [1.165, 1.54) is 36.4 Å². The number of hydroxylamine groups is 4. The van der Waals surface area contributed by atoms with E-state index >= 15 is 0 Å². The molecule has 0 fully saturated rings. The van der Waals surface area contributed by atoms with Crippen molar-refractivity contribution in [1.82, 2.24) is 40.5 Å². The Balaban J connectivity index is 0.859. The average Bonchev–Trinajstić information content (AvgIpc) is 1.30. The van der Waals surface area contributed by atoms with Crippen molar-refractivity contribution >= 4 is 56.6 Å². The van der Waals surface area contributed by atoms with Crippen molar-refractivity contribution in [2.75, 3.05) is 26.6 Å². The molecule has 26 heteroatoms. The van der Waals surface area contributed by atoms with E-state index in [0.29, 0.717) is 61.1 Å². The molecule has 518 valence electrons. The molecule has 8 aromatic rings. The highest BCUT2D eigenvalue weighted by molar-refractivity contribution is 7.34. The summed E-state index contributed by atoms with van der Waals surface area (Å²) in [6, 6.07) is 34.5. The quantitative estimate of drug-likeness (QED) is 0.00912. The summed E-state index contributed by atoms with van der Waals surface area (Å²) < 4.78 is 52.8. The zero-order valence-corrected chi connectivity index (χ0v) is 56.6. The van der Waals surface area contributed by atoms with Gasteiger partial charge in [0.2, 0.25) is 24.6 Å². The predicted octanol–water partition coefficient (Wildman–Crippen LogP) is 12.5. The molecule has 0 spiro atoms. The number of nitrogens with one attached hydrogen (secondary N) is 4. The zero-order valence-electron chi connectivity index (χ0n) is 55.6. The van der Waals surface area contributed by atoms with Gasteiger partial charge in [-0.25, -0.2) is 14.2 Å². The summed E-state index contributed by atoms with van der Waals surface area (Å²) in [7, 11) is -3.41. The lowest BCUT2D eigenvalue weighted by Crippen LogP contribution is -2.49. The number of hydrogen-bond donors (Lipinski definition) is 4. The number of ether oxygens (including phenoxy) is 2. The number of nitrogens with zero attached hydrogens (tertiary/aromatic N) is 4. The van der Waals surface area contributed by atoms with Gasteiger partial charge >= 0.3 is 20.2 Å². The van der Waals surface area contributed by atoms with E-state index in [9.17, 15) is 42.9 Å². The largest absolute Gasteiger partial charge is 0.494 e. The lowest BCUT2D eigenvalue weighted by Gasteiger charge is -2.31. The van der Waals surface area contributed by atoms with E-state index < -0.39 is 67.7 Å². The number of carbonyl (C=O) groups is 8. The van der Waals surface area contributed by atoms with Gasteiger partial charge in [-0.3, -0.25) is 28.8 Å². The third-order valence-electron chi connectivity index (χ3n) is 16.0. The first kappa shape index (κ1) is 73.0. The van der Waals surface area contributed by atoms with Crippen LogP contribution in [0.3, 0.4) is 0 Å². The number of aromatic nitrogens is 2. The highest BCUT2D eigenvalue weighted by Gasteiger charge is 2.36. The smallest absolute Gasteiger partial charge is 0.418 e. The Bertz CT molecular complexity index is 3690. The maximum Gasteiger partial charge on any atom is 0.418 e. The van der Waals surface area contributed by atoms with E-state index in [1.807, 2.05) is 72.0 Å². The number of amides is 6. The topological polar surface area (TPSA) is 300 Å². The summed E-state index contributed by atoms with van der Waals surface area (Å²) in [4.78, 5) is 118. The number of benzene rings is 4. The van der Waals surface area contributed by atoms with Crippen molar-refractivity contribution in [2.45, 2.75) is 118 Å². The maximum absolute atomic E-state index is 13.9. The van der Waals surface area contributed by atoms with Crippen LogP contribution in [0.15, 0.2) is 167 Å². The summed E-state index contributed by atoms with van der Waals surface area (Å²) in [6.07, 6.45) is 14.2. The average molecular weight is 1360 g/mol. The van der Waals surface area contributed by atoms with Gasteiger partial charge in [-0.15, -0.1) is 0 Å². The molecule has 6 amide bonds. The molecule has 0 aliphatic heterocycles. The Morgan fingerprint density at radius 1 is 0.490 bits per heavy atom. The summed E-state index contributed by atoms with van der Waals surface area (Å²) >= 11 is 0. The summed E-state index contributed by atoms with van der Waals surface area (Å²) in [5.74, 6) is -4.47. The second kappa shape index (κ2) is 36.9. The van der Waals surface area contributed by atoms with Crippen LogP contribution >= 0.6 is 8.25 Å². The number of rotatable bonds is 40. The van der Waals surface area contributed by atoms with Crippen molar-refractivity contribution in [3.05, 3.63) is 181 Å². The van der Waals surface area contributed by atoms with Crippen LogP contribution in [0.1, 0.15) is 148 Å². The number of furan rings is 2. The molecule has 0 aliphatic carbocycles. The SMILES string of the molecule is CCCCC[C@@H](C(=O)NCNC(=O)c1ccc(-c2cc(OCC)cc(O[PH](=O)Oc3cc(OCC)cc(-c4ccc(C(=O)NCNC(=O)[C@H](CCCCC)[C@@H](CC)N(C=O)OC(=O)c5ccc(-n6cccc6)cc5)o4)c3)c2)o1)[C@@H](CC)N(C=O)OC(=O)c1ccc(-n2cccc2)cc1. The second-order valence-electron chi connectivity index (χ2n) is 22.6. The first-order chi connectivity index (χ1) is 47.6. The van der Waals surface area contributed by atoms with Gasteiger partial charge in [0.15, 0.2) is 11.5 Å². The Hall–Kier alpha value is -10.8. The first-order valence-electron chi connectivity index (χ1n) is 32.8. The molecule has 0 aliphatic rings. The van der Waals surface area contributed by atoms with Crippen LogP contribution in [-0.2, 0) is 33.4 Å². The van der Waals surface area contributed by atoms with Gasteiger partial charge in [-0.05, 0) is 161 Å². The van der Waals surface area contributed by atoms with Crippen molar-refractivity contribution in [3.8, 4) is 57.0 Å². The van der Waals surface area contributed by atoms with E-state index in [2.05, 4.69) is 21.3 Å². The van der Waals surface area contributed by atoms with Crippen LogP contribution in [0.25, 0.3) is 34.0 Å². The molecule has 25 nitrogen and oxygen atoms in total. The third-order valence-corrected chi connectivity index (χ3v) is 16.8. The Morgan fingerprint density at radius 3 is 1.21 bits per heavy atom. The van der Waals surface area contributed by atoms with E-state index in [4.69, 9.17) is 37.0 Å². The van der Waals surface area contributed by atoms with E-state index in [-0.39, 0.29) is 85.1 Å².